The molecule has 0 unspecified atom stereocenters. The van der Waals surface area contributed by atoms with Crippen LogP contribution in [-0.4, -0.2) is 40.3 Å². The number of hydrogen-bond donors (Lipinski definition) is 1. The summed E-state index contributed by atoms with van der Waals surface area (Å²) in [6.45, 7) is 11.8. The first-order valence-electron chi connectivity index (χ1n) is 6.66. The van der Waals surface area contributed by atoms with Crippen LogP contribution in [0.4, 0.5) is 4.79 Å². The molecule has 0 aliphatic carbocycles. The second kappa shape index (κ2) is 5.02. The van der Waals surface area contributed by atoms with Crippen LogP contribution in [0.5, 0.6) is 0 Å². The van der Waals surface area contributed by atoms with Crippen molar-refractivity contribution in [3.05, 3.63) is 0 Å². The summed E-state index contributed by atoms with van der Waals surface area (Å²) >= 11 is 0. The minimum absolute atomic E-state index is 0.0579. The van der Waals surface area contributed by atoms with Crippen LogP contribution >= 0.6 is 0 Å². The van der Waals surface area contributed by atoms with Gasteiger partial charge in [-0.15, -0.1) is 0 Å². The lowest BCUT2D eigenvalue weighted by atomic mass is 9.76. The number of carbonyl (C=O) groups is 2. The molecular weight excluding hydrogens is 246 g/mol. The summed E-state index contributed by atoms with van der Waals surface area (Å²) < 4.78 is 5.29. The van der Waals surface area contributed by atoms with Crippen LogP contribution < -0.4 is 0 Å². The van der Waals surface area contributed by atoms with Crippen molar-refractivity contribution in [3.8, 4) is 0 Å². The van der Waals surface area contributed by atoms with Crippen LogP contribution in [0.2, 0.25) is 0 Å². The Morgan fingerprint density at radius 1 is 1.16 bits per heavy atom. The average molecular weight is 271 g/mol. The topological polar surface area (TPSA) is 66.8 Å². The van der Waals surface area contributed by atoms with E-state index in [1.807, 2.05) is 20.8 Å². The molecule has 0 radical (unpaired) electrons. The van der Waals surface area contributed by atoms with Crippen LogP contribution in [-0.2, 0) is 9.53 Å². The lowest BCUT2D eigenvalue weighted by Crippen LogP contribution is -2.47. The Balaban J connectivity index is 2.91. The van der Waals surface area contributed by atoms with Crippen molar-refractivity contribution in [1.82, 2.24) is 4.90 Å². The van der Waals surface area contributed by atoms with Crippen LogP contribution in [0.1, 0.15) is 48.0 Å². The third-order valence-corrected chi connectivity index (χ3v) is 3.39. The minimum Gasteiger partial charge on any atom is -0.480 e. The van der Waals surface area contributed by atoms with Crippen LogP contribution in [0.25, 0.3) is 0 Å². The first-order valence-corrected chi connectivity index (χ1v) is 6.66. The fourth-order valence-corrected chi connectivity index (χ4v) is 2.53. The fourth-order valence-electron chi connectivity index (χ4n) is 2.53. The van der Waals surface area contributed by atoms with Gasteiger partial charge in [0, 0.05) is 6.54 Å². The number of hydrogen-bond acceptors (Lipinski definition) is 3. The molecule has 0 aromatic rings. The molecule has 110 valence electrons. The van der Waals surface area contributed by atoms with Crippen LogP contribution in [0, 0.1) is 11.3 Å². The highest BCUT2D eigenvalue weighted by Gasteiger charge is 2.47. The Kier molecular flexibility index (Phi) is 4.17. The van der Waals surface area contributed by atoms with Gasteiger partial charge in [0.1, 0.15) is 11.6 Å². The third kappa shape index (κ3) is 3.85. The van der Waals surface area contributed by atoms with Gasteiger partial charge in [0.05, 0.1) is 0 Å². The first-order chi connectivity index (χ1) is 8.43. The molecule has 1 aliphatic rings. The standard InChI is InChI=1S/C14H25NO4/c1-13(2,3)9-7-8-15(10(9)11(16)17)12(18)19-14(4,5)6/h9-10H,7-8H2,1-6H3,(H,16,17)/t9-,10+/m1/s1. The molecule has 1 saturated heterocycles. The second-order valence-electron chi connectivity index (χ2n) is 7.22. The molecule has 0 saturated carbocycles. The van der Waals surface area contributed by atoms with Crippen molar-refractivity contribution >= 4 is 12.1 Å². The number of likely N-dealkylation sites (tertiary alicyclic amines) is 1. The number of aliphatic carboxylic acids is 1. The second-order valence-corrected chi connectivity index (χ2v) is 7.22. The van der Waals surface area contributed by atoms with Crippen molar-refractivity contribution in [2.45, 2.75) is 59.6 Å². The Bertz CT molecular complexity index is 365. The van der Waals surface area contributed by atoms with Crippen LogP contribution in [0.3, 0.4) is 0 Å². The van der Waals surface area contributed by atoms with Gasteiger partial charge in [-0.3, -0.25) is 4.90 Å². The molecule has 0 bridgehead atoms. The fraction of sp³-hybridized carbons (Fsp3) is 0.857. The zero-order valence-electron chi connectivity index (χ0n) is 12.7. The average Bonchev–Trinajstić information content (AvgIpc) is 2.57. The van der Waals surface area contributed by atoms with Crippen LogP contribution in [0.15, 0.2) is 0 Å². The number of rotatable bonds is 1. The summed E-state index contributed by atoms with van der Waals surface area (Å²) in [5.41, 5.74) is -0.764. The van der Waals surface area contributed by atoms with Gasteiger partial charge >= 0.3 is 12.1 Å². The summed E-state index contributed by atoms with van der Waals surface area (Å²) in [5.74, 6) is -1.01. The number of ether oxygens (including phenoxy) is 1. The first kappa shape index (κ1) is 15.8. The van der Waals surface area contributed by atoms with E-state index in [0.717, 1.165) is 0 Å². The SMILES string of the molecule is CC(C)(C)OC(=O)N1CC[C@@H](C(C)(C)C)[C@H]1C(=O)O. The van der Waals surface area contributed by atoms with E-state index in [4.69, 9.17) is 4.74 Å². The van der Waals surface area contributed by atoms with Crippen molar-refractivity contribution in [2.24, 2.45) is 11.3 Å². The summed E-state index contributed by atoms with van der Waals surface area (Å²) in [6.07, 6.45) is 0.159. The molecule has 2 atom stereocenters. The van der Waals surface area contributed by atoms with Crippen molar-refractivity contribution in [1.29, 1.82) is 0 Å². The normalized spacial score (nSPS) is 24.4. The monoisotopic (exact) mass is 271 g/mol. The minimum atomic E-state index is -0.955. The maximum atomic E-state index is 12.1. The summed E-state index contributed by atoms with van der Waals surface area (Å²) in [6, 6.07) is -0.796. The Morgan fingerprint density at radius 2 is 1.68 bits per heavy atom. The molecule has 1 heterocycles. The highest BCUT2D eigenvalue weighted by molar-refractivity contribution is 5.81. The Hall–Kier alpha value is -1.26. The lowest BCUT2D eigenvalue weighted by molar-refractivity contribution is -0.144. The largest absolute Gasteiger partial charge is 0.480 e. The quantitative estimate of drug-likeness (QED) is 0.796. The van der Waals surface area contributed by atoms with Crippen molar-refractivity contribution < 1.29 is 19.4 Å². The van der Waals surface area contributed by atoms with E-state index >= 15 is 0 Å². The molecule has 1 aliphatic heterocycles. The molecule has 1 rings (SSSR count). The van der Waals surface area contributed by atoms with Gasteiger partial charge in [-0.25, -0.2) is 9.59 Å². The Morgan fingerprint density at radius 3 is 2.05 bits per heavy atom. The molecule has 0 aromatic carbocycles. The lowest BCUT2D eigenvalue weighted by Gasteiger charge is -2.33. The van der Waals surface area contributed by atoms with E-state index in [0.29, 0.717) is 13.0 Å². The zero-order valence-corrected chi connectivity index (χ0v) is 12.7. The van der Waals surface area contributed by atoms with Gasteiger partial charge < -0.3 is 9.84 Å². The predicted molar refractivity (Wildman–Crippen MR) is 71.9 cm³/mol. The van der Waals surface area contributed by atoms with Crippen molar-refractivity contribution in [2.75, 3.05) is 6.54 Å². The van der Waals surface area contributed by atoms with E-state index in [1.54, 1.807) is 20.8 Å². The predicted octanol–water partition coefficient (Wildman–Crippen LogP) is 2.74. The molecule has 1 amide bonds. The number of carbonyl (C=O) groups excluding carboxylic acids is 1. The van der Waals surface area contributed by atoms with E-state index in [9.17, 15) is 14.7 Å². The highest BCUT2D eigenvalue weighted by atomic mass is 16.6. The smallest absolute Gasteiger partial charge is 0.411 e. The van der Waals surface area contributed by atoms with Gasteiger partial charge in [-0.2, -0.15) is 0 Å². The van der Waals surface area contributed by atoms with Gasteiger partial charge in [0.25, 0.3) is 0 Å². The highest BCUT2D eigenvalue weighted by Crippen LogP contribution is 2.39. The van der Waals surface area contributed by atoms with E-state index in [-0.39, 0.29) is 11.3 Å². The van der Waals surface area contributed by atoms with E-state index in [2.05, 4.69) is 0 Å². The molecular formula is C14H25NO4. The third-order valence-electron chi connectivity index (χ3n) is 3.39. The molecule has 0 aromatic heterocycles. The van der Waals surface area contributed by atoms with Gasteiger partial charge in [0.2, 0.25) is 0 Å². The molecule has 5 heteroatoms. The molecule has 19 heavy (non-hydrogen) atoms. The van der Waals surface area contributed by atoms with E-state index < -0.39 is 23.7 Å². The maximum Gasteiger partial charge on any atom is 0.411 e. The number of carboxylic acids is 1. The molecule has 0 spiro atoms. The summed E-state index contributed by atoms with van der Waals surface area (Å²) in [5, 5.41) is 9.42. The maximum absolute atomic E-state index is 12.1. The molecule has 1 N–H and O–H groups in total. The Labute approximate surface area is 114 Å². The molecule has 1 fully saturated rings. The van der Waals surface area contributed by atoms with E-state index in [1.165, 1.54) is 4.90 Å². The number of carboxylic acid groups (broad SMARTS) is 1. The summed E-state index contributed by atoms with van der Waals surface area (Å²) in [4.78, 5) is 24.9. The number of amides is 1. The van der Waals surface area contributed by atoms with Crippen molar-refractivity contribution in [3.63, 3.8) is 0 Å². The van der Waals surface area contributed by atoms with Gasteiger partial charge in [-0.05, 0) is 38.5 Å². The van der Waals surface area contributed by atoms with Gasteiger partial charge in [-0.1, -0.05) is 20.8 Å². The van der Waals surface area contributed by atoms with Gasteiger partial charge in [0.15, 0.2) is 0 Å². The number of nitrogens with zero attached hydrogens (tertiary/aromatic N) is 1. The zero-order chi connectivity index (χ0) is 15.0. The summed E-state index contributed by atoms with van der Waals surface area (Å²) in [7, 11) is 0. The molecule has 5 nitrogen and oxygen atoms in total.